The number of nitrogens with zero attached hydrogens (tertiary/aromatic N) is 1. The van der Waals surface area contributed by atoms with Crippen molar-refractivity contribution >= 4 is 5.91 Å². The minimum absolute atomic E-state index is 0.00215. The zero-order valence-corrected chi connectivity index (χ0v) is 12.9. The number of hydrogen-bond acceptors (Lipinski definition) is 3. The van der Waals surface area contributed by atoms with Gasteiger partial charge in [0.2, 0.25) is 0 Å². The van der Waals surface area contributed by atoms with Gasteiger partial charge < -0.3 is 9.73 Å². The van der Waals surface area contributed by atoms with E-state index < -0.39 is 23.7 Å². The van der Waals surface area contributed by atoms with Gasteiger partial charge in [-0.05, 0) is 5.56 Å². The first-order valence-electron chi connectivity index (χ1n) is 7.57. The van der Waals surface area contributed by atoms with Crippen molar-refractivity contribution in [1.29, 1.82) is 0 Å². The number of benzene rings is 1. The Labute approximate surface area is 132 Å². The molecule has 1 N–H and O–H groups in total. The highest BCUT2D eigenvalue weighted by Crippen LogP contribution is 2.61. The quantitative estimate of drug-likeness (QED) is 0.916. The van der Waals surface area contributed by atoms with E-state index in [-0.39, 0.29) is 18.2 Å². The van der Waals surface area contributed by atoms with Crippen molar-refractivity contribution in [3.05, 3.63) is 53.7 Å². The summed E-state index contributed by atoms with van der Waals surface area (Å²) < 4.78 is 33.1. The van der Waals surface area contributed by atoms with Gasteiger partial charge in [-0.3, -0.25) is 4.79 Å². The normalized spacial score (nSPS) is 22.1. The van der Waals surface area contributed by atoms with E-state index in [1.807, 2.05) is 13.8 Å². The molecule has 0 unspecified atom stereocenters. The predicted molar refractivity (Wildman–Crippen MR) is 80.5 cm³/mol. The number of carbonyl (C=O) groups is 1. The number of oxazole rings is 1. The molecule has 0 aliphatic heterocycles. The second kappa shape index (κ2) is 5.76. The van der Waals surface area contributed by atoms with Crippen LogP contribution in [0.3, 0.4) is 0 Å². The van der Waals surface area contributed by atoms with Gasteiger partial charge in [-0.1, -0.05) is 44.2 Å². The van der Waals surface area contributed by atoms with Gasteiger partial charge in [0, 0.05) is 12.5 Å². The molecule has 1 saturated carbocycles. The summed E-state index contributed by atoms with van der Waals surface area (Å²) in [6, 6.07) is 8.65. The number of alkyl halides is 2. The number of rotatable bonds is 5. The molecule has 1 heterocycles. The van der Waals surface area contributed by atoms with E-state index in [2.05, 4.69) is 10.3 Å². The van der Waals surface area contributed by atoms with Crippen LogP contribution in [0.15, 0.2) is 41.1 Å². The van der Waals surface area contributed by atoms with E-state index in [4.69, 9.17) is 4.42 Å². The Hall–Kier alpha value is -2.24. The second-order valence-electron chi connectivity index (χ2n) is 6.10. The van der Waals surface area contributed by atoms with Crippen LogP contribution in [-0.4, -0.2) is 23.4 Å². The first kappa shape index (κ1) is 15.6. The molecular weight excluding hydrogens is 302 g/mol. The van der Waals surface area contributed by atoms with Crippen LogP contribution < -0.4 is 5.32 Å². The maximum Gasteiger partial charge on any atom is 0.273 e. The summed E-state index contributed by atoms with van der Waals surface area (Å²) in [6.45, 7) is 3.66. The SMILES string of the molecule is CC(C)c1ocnc1C(=O)NC[C@@H]1[C@@H](c2ccccc2)C1(F)F. The first-order chi connectivity index (χ1) is 10.9. The van der Waals surface area contributed by atoms with E-state index in [0.717, 1.165) is 0 Å². The highest BCUT2D eigenvalue weighted by Gasteiger charge is 2.68. The molecule has 2 atom stereocenters. The van der Waals surface area contributed by atoms with Gasteiger partial charge in [-0.15, -0.1) is 0 Å². The lowest BCUT2D eigenvalue weighted by molar-refractivity contribution is 0.0870. The van der Waals surface area contributed by atoms with Gasteiger partial charge in [0.05, 0.1) is 11.8 Å². The topological polar surface area (TPSA) is 55.1 Å². The lowest BCUT2D eigenvalue weighted by atomic mass is 10.1. The molecule has 23 heavy (non-hydrogen) atoms. The molecule has 3 rings (SSSR count). The van der Waals surface area contributed by atoms with E-state index >= 15 is 0 Å². The van der Waals surface area contributed by atoms with Crippen LogP contribution in [0.1, 0.15) is 47.5 Å². The molecule has 122 valence electrons. The molecule has 1 aliphatic carbocycles. The molecule has 1 aromatic heterocycles. The molecule has 4 nitrogen and oxygen atoms in total. The summed E-state index contributed by atoms with van der Waals surface area (Å²) in [7, 11) is 0. The highest BCUT2D eigenvalue weighted by atomic mass is 19.3. The van der Waals surface area contributed by atoms with Gasteiger partial charge in [0.15, 0.2) is 12.1 Å². The minimum Gasteiger partial charge on any atom is -0.447 e. The van der Waals surface area contributed by atoms with Crippen molar-refractivity contribution in [2.45, 2.75) is 31.6 Å². The van der Waals surface area contributed by atoms with Crippen LogP contribution in [0.2, 0.25) is 0 Å². The Bertz CT molecular complexity index is 698. The Kier molecular flexibility index (Phi) is 3.92. The van der Waals surface area contributed by atoms with Crippen molar-refractivity contribution < 1.29 is 18.0 Å². The number of nitrogens with one attached hydrogen (secondary N) is 1. The zero-order chi connectivity index (χ0) is 16.6. The molecular formula is C17H18F2N2O2. The Morgan fingerprint density at radius 2 is 2.04 bits per heavy atom. The Balaban J connectivity index is 1.65. The number of halogens is 2. The molecule has 0 radical (unpaired) electrons. The molecule has 1 amide bonds. The van der Waals surface area contributed by atoms with Crippen molar-refractivity contribution in [2.75, 3.05) is 6.54 Å². The van der Waals surface area contributed by atoms with Crippen LogP contribution in [0.25, 0.3) is 0 Å². The Morgan fingerprint density at radius 3 is 2.70 bits per heavy atom. The van der Waals surface area contributed by atoms with Crippen LogP contribution >= 0.6 is 0 Å². The summed E-state index contributed by atoms with van der Waals surface area (Å²) in [6.07, 6.45) is 1.20. The summed E-state index contributed by atoms with van der Waals surface area (Å²) in [5.41, 5.74) is 0.765. The fraction of sp³-hybridized carbons (Fsp3) is 0.412. The van der Waals surface area contributed by atoms with Crippen molar-refractivity contribution in [3.8, 4) is 0 Å². The van der Waals surface area contributed by atoms with E-state index in [1.54, 1.807) is 30.3 Å². The zero-order valence-electron chi connectivity index (χ0n) is 12.9. The number of carbonyl (C=O) groups excluding carboxylic acids is 1. The molecule has 6 heteroatoms. The average Bonchev–Trinajstić information content (AvgIpc) is 2.90. The minimum atomic E-state index is -2.79. The number of amides is 1. The lowest BCUT2D eigenvalue weighted by Gasteiger charge is -2.05. The third-order valence-electron chi connectivity index (χ3n) is 4.18. The Morgan fingerprint density at radius 1 is 1.35 bits per heavy atom. The van der Waals surface area contributed by atoms with E-state index in [0.29, 0.717) is 11.3 Å². The second-order valence-corrected chi connectivity index (χ2v) is 6.10. The molecule has 0 bridgehead atoms. The van der Waals surface area contributed by atoms with Crippen molar-refractivity contribution in [2.24, 2.45) is 5.92 Å². The van der Waals surface area contributed by atoms with Crippen molar-refractivity contribution in [3.63, 3.8) is 0 Å². The van der Waals surface area contributed by atoms with E-state index in [1.165, 1.54) is 6.39 Å². The molecule has 1 fully saturated rings. The van der Waals surface area contributed by atoms with Crippen molar-refractivity contribution in [1.82, 2.24) is 10.3 Å². The maximum atomic E-state index is 14.0. The van der Waals surface area contributed by atoms with Crippen LogP contribution in [0.5, 0.6) is 0 Å². The summed E-state index contributed by atoms with van der Waals surface area (Å²) >= 11 is 0. The smallest absolute Gasteiger partial charge is 0.273 e. The van der Waals surface area contributed by atoms with Crippen LogP contribution in [0.4, 0.5) is 8.78 Å². The predicted octanol–water partition coefficient (Wildman–Crippen LogP) is 3.58. The molecule has 0 saturated heterocycles. The molecule has 1 aliphatic rings. The third-order valence-corrected chi connectivity index (χ3v) is 4.18. The summed E-state index contributed by atoms with van der Waals surface area (Å²) in [4.78, 5) is 16.0. The number of aromatic nitrogens is 1. The van der Waals surface area contributed by atoms with Crippen LogP contribution in [-0.2, 0) is 0 Å². The summed E-state index contributed by atoms with van der Waals surface area (Å²) in [5, 5.41) is 2.56. The number of hydrogen-bond donors (Lipinski definition) is 1. The third kappa shape index (κ3) is 2.85. The van der Waals surface area contributed by atoms with Crippen LogP contribution in [0, 0.1) is 5.92 Å². The monoisotopic (exact) mass is 320 g/mol. The fourth-order valence-electron chi connectivity index (χ4n) is 2.88. The first-order valence-corrected chi connectivity index (χ1v) is 7.57. The van der Waals surface area contributed by atoms with Gasteiger partial charge in [0.1, 0.15) is 5.76 Å². The van der Waals surface area contributed by atoms with E-state index in [9.17, 15) is 13.6 Å². The molecule has 1 aromatic carbocycles. The fourth-order valence-corrected chi connectivity index (χ4v) is 2.88. The van der Waals surface area contributed by atoms with Gasteiger partial charge in [-0.25, -0.2) is 13.8 Å². The molecule has 0 spiro atoms. The molecule has 2 aromatic rings. The maximum absolute atomic E-state index is 14.0. The largest absolute Gasteiger partial charge is 0.447 e. The van der Waals surface area contributed by atoms with Gasteiger partial charge in [0.25, 0.3) is 11.8 Å². The average molecular weight is 320 g/mol. The standard InChI is InChI=1S/C17H18F2N2O2/c1-10(2)15-14(21-9-23-15)16(22)20-8-12-13(17(12,18)19)11-6-4-3-5-7-11/h3-7,9-10,12-13H,8H2,1-2H3,(H,20,22)/t12-,13-/m1/s1. The highest BCUT2D eigenvalue weighted by molar-refractivity contribution is 5.93. The van der Waals surface area contributed by atoms with Gasteiger partial charge in [-0.2, -0.15) is 0 Å². The van der Waals surface area contributed by atoms with Gasteiger partial charge >= 0.3 is 0 Å². The summed E-state index contributed by atoms with van der Waals surface area (Å²) in [5.74, 6) is -4.53. The lowest BCUT2D eigenvalue weighted by Crippen LogP contribution is -2.28.